The average Bonchev–Trinajstić information content (AvgIpc) is 2.86. The Balaban J connectivity index is 2.34. The Hall–Kier alpha value is -1.47. The second kappa shape index (κ2) is 5.26. The van der Waals surface area contributed by atoms with Gasteiger partial charge in [0.2, 0.25) is 0 Å². The highest BCUT2D eigenvalue weighted by molar-refractivity contribution is 7.14. The van der Waals surface area contributed by atoms with E-state index in [4.69, 9.17) is 5.73 Å². The third kappa shape index (κ3) is 3.10. The number of alkyl halides is 3. The van der Waals surface area contributed by atoms with Gasteiger partial charge in [0.05, 0.1) is 11.6 Å². The van der Waals surface area contributed by atoms with Crippen molar-refractivity contribution in [1.29, 1.82) is 0 Å². The van der Waals surface area contributed by atoms with Gasteiger partial charge in [-0.05, 0) is 18.6 Å². The molecule has 1 unspecified atom stereocenters. The van der Waals surface area contributed by atoms with Crippen molar-refractivity contribution >= 4 is 11.3 Å². The highest BCUT2D eigenvalue weighted by Crippen LogP contribution is 2.33. The van der Waals surface area contributed by atoms with Crippen LogP contribution in [0.5, 0.6) is 0 Å². The van der Waals surface area contributed by atoms with E-state index in [0.717, 1.165) is 12.1 Å². The zero-order valence-corrected chi connectivity index (χ0v) is 10.9. The summed E-state index contributed by atoms with van der Waals surface area (Å²) in [4.78, 5) is 0. The Morgan fingerprint density at radius 3 is 2.68 bits per heavy atom. The van der Waals surface area contributed by atoms with Crippen molar-refractivity contribution in [2.45, 2.75) is 25.6 Å². The predicted octanol–water partition coefficient (Wildman–Crippen LogP) is 3.63. The van der Waals surface area contributed by atoms with Crippen LogP contribution in [0.2, 0.25) is 0 Å². The molecule has 2 aromatic rings. The summed E-state index contributed by atoms with van der Waals surface area (Å²) in [5, 5.41) is 8.90. The molecule has 102 valence electrons. The fourth-order valence-corrected chi connectivity index (χ4v) is 2.43. The van der Waals surface area contributed by atoms with E-state index in [9.17, 15) is 13.2 Å². The standard InChI is InChI=1S/C12H12F3N3S/c1-2-9(16)11-18-17-10(19-11)7-4-3-5-8(6-7)12(13,14)15/h3-6,9H,2,16H2,1H3. The van der Waals surface area contributed by atoms with Gasteiger partial charge < -0.3 is 5.73 Å². The maximum absolute atomic E-state index is 12.6. The van der Waals surface area contributed by atoms with Crippen molar-refractivity contribution < 1.29 is 13.2 Å². The molecule has 0 aliphatic rings. The van der Waals surface area contributed by atoms with E-state index < -0.39 is 11.7 Å². The van der Waals surface area contributed by atoms with Crippen LogP contribution in [0.1, 0.15) is 30.0 Å². The van der Waals surface area contributed by atoms with Gasteiger partial charge in [0.1, 0.15) is 10.0 Å². The molecule has 0 amide bonds. The summed E-state index contributed by atoms with van der Waals surface area (Å²) in [6.45, 7) is 1.91. The summed E-state index contributed by atoms with van der Waals surface area (Å²) in [6, 6.07) is 4.82. The van der Waals surface area contributed by atoms with E-state index in [2.05, 4.69) is 10.2 Å². The Labute approximate surface area is 112 Å². The van der Waals surface area contributed by atoms with E-state index in [1.807, 2.05) is 6.92 Å². The summed E-state index contributed by atoms with van der Waals surface area (Å²) >= 11 is 1.22. The van der Waals surface area contributed by atoms with Gasteiger partial charge in [0.15, 0.2) is 0 Å². The van der Waals surface area contributed by atoms with Crippen molar-refractivity contribution in [3.8, 4) is 10.6 Å². The smallest absolute Gasteiger partial charge is 0.322 e. The highest BCUT2D eigenvalue weighted by Gasteiger charge is 2.30. The molecule has 1 aromatic carbocycles. The quantitative estimate of drug-likeness (QED) is 0.937. The third-order valence-corrected chi connectivity index (χ3v) is 3.74. The van der Waals surface area contributed by atoms with Crippen molar-refractivity contribution in [1.82, 2.24) is 10.2 Å². The monoisotopic (exact) mass is 287 g/mol. The number of benzene rings is 1. The first kappa shape index (κ1) is 14.0. The lowest BCUT2D eigenvalue weighted by atomic mass is 10.1. The molecule has 0 bridgehead atoms. The minimum absolute atomic E-state index is 0.225. The SMILES string of the molecule is CCC(N)c1nnc(-c2cccc(C(F)(F)F)c2)s1. The van der Waals surface area contributed by atoms with Crippen LogP contribution in [0.4, 0.5) is 13.2 Å². The van der Waals surface area contributed by atoms with E-state index in [1.54, 1.807) is 6.07 Å². The molecule has 0 aliphatic carbocycles. The number of hydrogen-bond donors (Lipinski definition) is 1. The minimum Gasteiger partial charge on any atom is -0.322 e. The molecule has 1 aromatic heterocycles. The summed E-state index contributed by atoms with van der Waals surface area (Å²) in [5.74, 6) is 0. The molecule has 7 heteroatoms. The lowest BCUT2D eigenvalue weighted by Gasteiger charge is -2.06. The first-order chi connectivity index (χ1) is 8.91. The molecule has 0 fully saturated rings. The second-order valence-corrected chi connectivity index (χ2v) is 5.05. The molecular formula is C12H12F3N3S. The lowest BCUT2D eigenvalue weighted by molar-refractivity contribution is -0.137. The van der Waals surface area contributed by atoms with Crippen molar-refractivity contribution in [2.24, 2.45) is 5.73 Å². The fourth-order valence-electron chi connectivity index (χ4n) is 1.50. The number of halogens is 3. The molecule has 0 radical (unpaired) electrons. The van der Waals surface area contributed by atoms with Crippen molar-refractivity contribution in [3.63, 3.8) is 0 Å². The molecule has 0 saturated heterocycles. The number of nitrogens with zero attached hydrogens (tertiary/aromatic N) is 2. The van der Waals surface area contributed by atoms with E-state index in [0.29, 0.717) is 22.0 Å². The topological polar surface area (TPSA) is 51.8 Å². The van der Waals surface area contributed by atoms with E-state index >= 15 is 0 Å². The van der Waals surface area contributed by atoms with Gasteiger partial charge in [0.25, 0.3) is 0 Å². The van der Waals surface area contributed by atoms with Crippen molar-refractivity contribution in [2.75, 3.05) is 0 Å². The molecule has 1 heterocycles. The Bertz CT molecular complexity index is 565. The molecule has 0 saturated carbocycles. The number of hydrogen-bond acceptors (Lipinski definition) is 4. The zero-order valence-electron chi connectivity index (χ0n) is 10.1. The Morgan fingerprint density at radius 1 is 1.32 bits per heavy atom. The van der Waals surface area contributed by atoms with Crippen LogP contribution >= 0.6 is 11.3 Å². The average molecular weight is 287 g/mol. The van der Waals surface area contributed by atoms with Crippen LogP contribution in [-0.2, 0) is 6.18 Å². The van der Waals surface area contributed by atoms with E-state index in [1.165, 1.54) is 17.4 Å². The van der Waals surface area contributed by atoms with Gasteiger partial charge in [0, 0.05) is 5.56 Å². The summed E-state index contributed by atoms with van der Waals surface area (Å²) in [7, 11) is 0. The van der Waals surface area contributed by atoms with Gasteiger partial charge in [-0.2, -0.15) is 13.2 Å². The fraction of sp³-hybridized carbons (Fsp3) is 0.333. The number of aromatic nitrogens is 2. The van der Waals surface area contributed by atoms with Crippen LogP contribution < -0.4 is 5.73 Å². The third-order valence-electron chi connectivity index (χ3n) is 2.63. The van der Waals surface area contributed by atoms with Gasteiger partial charge in [-0.25, -0.2) is 0 Å². The summed E-state index contributed by atoms with van der Waals surface area (Å²) < 4.78 is 37.9. The predicted molar refractivity (Wildman–Crippen MR) is 67.6 cm³/mol. The highest BCUT2D eigenvalue weighted by atomic mass is 32.1. The van der Waals surface area contributed by atoms with Crippen molar-refractivity contribution in [3.05, 3.63) is 34.8 Å². The zero-order chi connectivity index (χ0) is 14.0. The van der Waals surface area contributed by atoms with Crippen LogP contribution in [-0.4, -0.2) is 10.2 Å². The van der Waals surface area contributed by atoms with Crippen LogP contribution in [0, 0.1) is 0 Å². The number of nitrogens with two attached hydrogens (primary N) is 1. The Morgan fingerprint density at radius 2 is 2.05 bits per heavy atom. The largest absolute Gasteiger partial charge is 0.416 e. The van der Waals surface area contributed by atoms with Crippen LogP contribution in [0.25, 0.3) is 10.6 Å². The first-order valence-corrected chi connectivity index (χ1v) is 6.50. The molecule has 2 rings (SSSR count). The van der Waals surface area contributed by atoms with Gasteiger partial charge in [-0.3, -0.25) is 0 Å². The molecule has 2 N–H and O–H groups in total. The minimum atomic E-state index is -4.36. The maximum atomic E-state index is 12.6. The maximum Gasteiger partial charge on any atom is 0.416 e. The van der Waals surface area contributed by atoms with E-state index in [-0.39, 0.29) is 6.04 Å². The first-order valence-electron chi connectivity index (χ1n) is 5.68. The lowest BCUT2D eigenvalue weighted by Crippen LogP contribution is -2.07. The van der Waals surface area contributed by atoms with Crippen LogP contribution in [0.15, 0.2) is 24.3 Å². The van der Waals surface area contributed by atoms with Gasteiger partial charge >= 0.3 is 6.18 Å². The second-order valence-electron chi connectivity index (χ2n) is 4.04. The Kier molecular flexibility index (Phi) is 3.86. The number of rotatable bonds is 3. The molecular weight excluding hydrogens is 275 g/mol. The molecule has 0 aliphatic heterocycles. The molecule has 19 heavy (non-hydrogen) atoms. The van der Waals surface area contributed by atoms with Gasteiger partial charge in [-0.15, -0.1) is 10.2 Å². The normalized spacial score (nSPS) is 13.5. The molecule has 0 spiro atoms. The molecule has 1 atom stereocenters. The summed E-state index contributed by atoms with van der Waals surface area (Å²) in [6.07, 6.45) is -3.65. The summed E-state index contributed by atoms with van der Waals surface area (Å²) in [5.41, 5.74) is 5.52. The van der Waals surface area contributed by atoms with Gasteiger partial charge in [-0.1, -0.05) is 30.4 Å². The molecule has 3 nitrogen and oxygen atoms in total. The van der Waals surface area contributed by atoms with Crippen LogP contribution in [0.3, 0.4) is 0 Å².